The molecule has 1 aromatic carbocycles. The van der Waals surface area contributed by atoms with Gasteiger partial charge in [-0.1, -0.05) is 0 Å². The van der Waals surface area contributed by atoms with E-state index in [0.29, 0.717) is 11.6 Å². The highest BCUT2D eigenvalue weighted by Gasteiger charge is 2.17. The lowest BCUT2D eigenvalue weighted by atomic mass is 10.3. The molecule has 0 fully saturated rings. The number of methoxy groups -OCH3 is 1. The summed E-state index contributed by atoms with van der Waals surface area (Å²) in [6.45, 7) is 0. The number of rotatable bonds is 5. The largest absolute Gasteiger partial charge is 0.497 e. The Hall–Kier alpha value is -2.94. The number of ether oxygens (including phenoxy) is 2. The summed E-state index contributed by atoms with van der Waals surface area (Å²) in [6, 6.07) is 5.56. The molecule has 3 N–H and O–H groups in total. The number of aromatic nitrogens is 2. The zero-order valence-electron chi connectivity index (χ0n) is 10.4. The Kier molecular flexibility index (Phi) is 3.91. The van der Waals surface area contributed by atoms with Gasteiger partial charge < -0.3 is 14.9 Å². The fourth-order valence-corrected chi connectivity index (χ4v) is 1.44. The van der Waals surface area contributed by atoms with Gasteiger partial charge in [0.1, 0.15) is 17.9 Å². The second-order valence-corrected chi connectivity index (χ2v) is 3.58. The van der Waals surface area contributed by atoms with Crippen LogP contribution >= 0.6 is 0 Å². The monoisotopic (exact) mass is 277 g/mol. The SMILES string of the molecule is COc1ccc([N+](=O)[O-])c(Oc2cc(NN)ncn2)c1. The molecule has 20 heavy (non-hydrogen) atoms. The zero-order chi connectivity index (χ0) is 14.5. The Morgan fingerprint density at radius 3 is 2.80 bits per heavy atom. The molecule has 0 atom stereocenters. The number of nitrogens with one attached hydrogen (secondary N) is 1. The summed E-state index contributed by atoms with van der Waals surface area (Å²) in [6.07, 6.45) is 1.22. The van der Waals surface area contributed by atoms with Crippen molar-refractivity contribution in [3.63, 3.8) is 0 Å². The van der Waals surface area contributed by atoms with Gasteiger partial charge in [0, 0.05) is 18.2 Å². The first kappa shape index (κ1) is 13.5. The third-order valence-electron chi connectivity index (χ3n) is 2.37. The van der Waals surface area contributed by atoms with Crippen molar-refractivity contribution in [2.75, 3.05) is 12.5 Å². The molecule has 0 aliphatic heterocycles. The van der Waals surface area contributed by atoms with E-state index in [9.17, 15) is 10.1 Å². The van der Waals surface area contributed by atoms with Gasteiger partial charge in [0.2, 0.25) is 11.6 Å². The van der Waals surface area contributed by atoms with E-state index in [-0.39, 0.29) is 17.3 Å². The standard InChI is InChI=1S/C11H11N5O4/c1-19-7-2-3-8(16(17)18)9(4-7)20-11-5-10(15-12)13-6-14-11/h2-6H,12H2,1H3,(H,13,14,15). The zero-order valence-corrected chi connectivity index (χ0v) is 10.4. The molecule has 2 aromatic rings. The maximum Gasteiger partial charge on any atom is 0.311 e. The number of benzene rings is 1. The van der Waals surface area contributed by atoms with Crippen molar-refractivity contribution >= 4 is 11.5 Å². The second kappa shape index (κ2) is 5.80. The minimum atomic E-state index is -0.557. The van der Waals surface area contributed by atoms with Crippen molar-refractivity contribution in [1.82, 2.24) is 9.97 Å². The first-order chi connectivity index (χ1) is 9.63. The van der Waals surface area contributed by atoms with E-state index in [2.05, 4.69) is 15.4 Å². The summed E-state index contributed by atoms with van der Waals surface area (Å²) in [4.78, 5) is 18.0. The average Bonchev–Trinajstić information content (AvgIpc) is 2.47. The minimum Gasteiger partial charge on any atom is -0.497 e. The molecule has 1 aromatic heterocycles. The summed E-state index contributed by atoms with van der Waals surface area (Å²) >= 11 is 0. The molecule has 1 heterocycles. The first-order valence-corrected chi connectivity index (χ1v) is 5.43. The molecule has 0 saturated heterocycles. The first-order valence-electron chi connectivity index (χ1n) is 5.43. The van der Waals surface area contributed by atoms with Crippen LogP contribution in [0.2, 0.25) is 0 Å². The molecule has 104 valence electrons. The maximum atomic E-state index is 11.0. The fourth-order valence-electron chi connectivity index (χ4n) is 1.44. The highest BCUT2D eigenvalue weighted by atomic mass is 16.6. The van der Waals surface area contributed by atoms with Crippen molar-refractivity contribution in [3.8, 4) is 17.4 Å². The van der Waals surface area contributed by atoms with Gasteiger partial charge in [0.05, 0.1) is 12.0 Å². The van der Waals surface area contributed by atoms with E-state index in [1.807, 2.05) is 0 Å². The molecule has 0 unspecified atom stereocenters. The summed E-state index contributed by atoms with van der Waals surface area (Å²) in [7, 11) is 1.45. The van der Waals surface area contributed by atoms with Crippen LogP contribution in [0.15, 0.2) is 30.6 Å². The van der Waals surface area contributed by atoms with Crippen LogP contribution in [-0.4, -0.2) is 22.0 Å². The van der Waals surface area contributed by atoms with Gasteiger partial charge in [-0.2, -0.15) is 0 Å². The Balaban J connectivity index is 2.37. The van der Waals surface area contributed by atoms with Crippen LogP contribution in [0.5, 0.6) is 17.4 Å². The Bertz CT molecular complexity index is 634. The molecule has 0 saturated carbocycles. The van der Waals surface area contributed by atoms with E-state index in [1.165, 1.54) is 37.7 Å². The minimum absolute atomic E-state index is 0.0102. The molecular weight excluding hydrogens is 266 g/mol. The summed E-state index contributed by atoms with van der Waals surface area (Å²) in [5, 5.41) is 11.0. The lowest BCUT2D eigenvalue weighted by Crippen LogP contribution is -2.08. The molecule has 0 amide bonds. The molecule has 0 spiro atoms. The van der Waals surface area contributed by atoms with Gasteiger partial charge in [-0.15, -0.1) is 0 Å². The predicted octanol–water partition coefficient (Wildman–Crippen LogP) is 1.47. The Morgan fingerprint density at radius 1 is 1.35 bits per heavy atom. The Labute approximate surface area is 113 Å². The Morgan fingerprint density at radius 2 is 2.15 bits per heavy atom. The van der Waals surface area contributed by atoms with Gasteiger partial charge in [-0.25, -0.2) is 15.8 Å². The quantitative estimate of drug-likeness (QED) is 0.478. The predicted molar refractivity (Wildman–Crippen MR) is 69.6 cm³/mol. The molecular formula is C11H11N5O4. The highest BCUT2D eigenvalue weighted by molar-refractivity contribution is 5.52. The van der Waals surface area contributed by atoms with Crippen molar-refractivity contribution in [2.24, 2.45) is 5.84 Å². The van der Waals surface area contributed by atoms with Gasteiger partial charge >= 0.3 is 5.69 Å². The van der Waals surface area contributed by atoms with Crippen molar-refractivity contribution in [2.45, 2.75) is 0 Å². The lowest BCUT2D eigenvalue weighted by molar-refractivity contribution is -0.385. The normalized spacial score (nSPS) is 9.90. The molecule has 9 heteroatoms. The van der Waals surface area contributed by atoms with Crippen LogP contribution in [-0.2, 0) is 0 Å². The number of nitrogen functional groups attached to an aromatic ring is 1. The number of nitrogens with zero attached hydrogens (tertiary/aromatic N) is 3. The van der Waals surface area contributed by atoms with Crippen LogP contribution in [0.25, 0.3) is 0 Å². The van der Waals surface area contributed by atoms with Gasteiger partial charge in [0.25, 0.3) is 0 Å². The average molecular weight is 277 g/mol. The number of hydrazine groups is 1. The third-order valence-corrected chi connectivity index (χ3v) is 2.37. The number of nitro benzene ring substituents is 1. The van der Waals surface area contributed by atoms with Crippen LogP contribution in [0.3, 0.4) is 0 Å². The summed E-state index contributed by atoms with van der Waals surface area (Å²) < 4.78 is 10.4. The number of nitro groups is 1. The molecule has 9 nitrogen and oxygen atoms in total. The molecule has 0 radical (unpaired) electrons. The fraction of sp³-hybridized carbons (Fsp3) is 0.0909. The van der Waals surface area contributed by atoms with Crippen molar-refractivity contribution in [1.29, 1.82) is 0 Å². The molecule has 0 aliphatic carbocycles. The second-order valence-electron chi connectivity index (χ2n) is 3.58. The molecule has 2 rings (SSSR count). The van der Waals surface area contributed by atoms with Gasteiger partial charge in [0.15, 0.2) is 0 Å². The lowest BCUT2D eigenvalue weighted by Gasteiger charge is -2.07. The number of hydrogen-bond acceptors (Lipinski definition) is 8. The topological polar surface area (TPSA) is 125 Å². The highest BCUT2D eigenvalue weighted by Crippen LogP contribution is 2.34. The van der Waals surface area contributed by atoms with Crippen LogP contribution in [0.1, 0.15) is 0 Å². The number of hydrogen-bond donors (Lipinski definition) is 2. The van der Waals surface area contributed by atoms with E-state index >= 15 is 0 Å². The summed E-state index contributed by atoms with van der Waals surface area (Å²) in [5.41, 5.74) is 2.12. The van der Waals surface area contributed by atoms with Gasteiger partial charge in [-0.05, 0) is 6.07 Å². The van der Waals surface area contributed by atoms with Crippen LogP contribution in [0, 0.1) is 10.1 Å². The van der Waals surface area contributed by atoms with E-state index in [0.717, 1.165) is 0 Å². The smallest absolute Gasteiger partial charge is 0.311 e. The van der Waals surface area contributed by atoms with E-state index in [1.54, 1.807) is 0 Å². The third kappa shape index (κ3) is 2.90. The van der Waals surface area contributed by atoms with Crippen LogP contribution in [0.4, 0.5) is 11.5 Å². The van der Waals surface area contributed by atoms with E-state index < -0.39 is 4.92 Å². The van der Waals surface area contributed by atoms with Gasteiger partial charge in [-0.3, -0.25) is 10.1 Å². The maximum absolute atomic E-state index is 11.0. The molecule has 0 bridgehead atoms. The van der Waals surface area contributed by atoms with E-state index in [4.69, 9.17) is 15.3 Å². The van der Waals surface area contributed by atoms with Crippen molar-refractivity contribution < 1.29 is 14.4 Å². The van der Waals surface area contributed by atoms with Crippen molar-refractivity contribution in [3.05, 3.63) is 40.7 Å². The molecule has 0 aliphatic rings. The summed E-state index contributed by atoms with van der Waals surface area (Å²) in [5.74, 6) is 6.08. The van der Waals surface area contributed by atoms with Crippen LogP contribution < -0.4 is 20.7 Å². The number of nitrogens with two attached hydrogens (primary N) is 1. The number of anilines is 1.